The van der Waals surface area contributed by atoms with Crippen molar-refractivity contribution in [3.8, 4) is 0 Å². The van der Waals surface area contributed by atoms with Crippen molar-refractivity contribution >= 4 is 29.4 Å². The molecule has 2 heterocycles. The van der Waals surface area contributed by atoms with Crippen molar-refractivity contribution in [3.05, 3.63) is 30.5 Å². The Kier molecular flexibility index (Phi) is 5.90. The van der Waals surface area contributed by atoms with Gasteiger partial charge in [0, 0.05) is 32.4 Å². The number of aliphatic imine (C=N–C) groups is 1. The van der Waals surface area contributed by atoms with Crippen molar-refractivity contribution in [1.29, 1.82) is 0 Å². The third-order valence-electron chi connectivity index (χ3n) is 4.34. The van der Waals surface area contributed by atoms with Crippen LogP contribution in [0.15, 0.2) is 35.5 Å². The minimum atomic E-state index is -0.203. The molecule has 1 aromatic carbocycles. The van der Waals surface area contributed by atoms with Gasteiger partial charge in [0.2, 0.25) is 0 Å². The zero-order valence-corrected chi connectivity index (χ0v) is 14.3. The Labute approximate surface area is 148 Å². The van der Waals surface area contributed by atoms with Crippen molar-refractivity contribution in [1.82, 2.24) is 4.90 Å². The molecule has 3 N–H and O–H groups in total. The van der Waals surface area contributed by atoms with Crippen LogP contribution in [-0.2, 0) is 0 Å². The van der Waals surface area contributed by atoms with Gasteiger partial charge in [-0.25, -0.2) is 9.79 Å². The first-order chi connectivity index (χ1) is 12.3. The summed E-state index contributed by atoms with van der Waals surface area (Å²) in [5.41, 5.74) is 2.70. The van der Waals surface area contributed by atoms with Crippen LogP contribution in [0, 0.1) is 0 Å². The molecule has 134 valence electrons. The maximum Gasteiger partial charge on any atom is 0.327 e. The Morgan fingerprint density at radius 1 is 1.20 bits per heavy atom. The van der Waals surface area contributed by atoms with E-state index < -0.39 is 0 Å². The molecular weight excluding hydrogens is 318 g/mol. The number of hydrogen-bond acceptors (Lipinski definition) is 5. The first kappa shape index (κ1) is 17.3. The van der Waals surface area contributed by atoms with Gasteiger partial charge in [-0.15, -0.1) is 0 Å². The van der Waals surface area contributed by atoms with Gasteiger partial charge in [0.15, 0.2) is 0 Å². The predicted molar refractivity (Wildman–Crippen MR) is 101 cm³/mol. The summed E-state index contributed by atoms with van der Waals surface area (Å²) in [5.74, 6) is 0. The average Bonchev–Trinajstić information content (AvgIpc) is 2.67. The first-order valence-corrected chi connectivity index (χ1v) is 8.78. The molecule has 0 unspecified atom stereocenters. The molecule has 1 saturated heterocycles. The molecule has 2 aliphatic rings. The third kappa shape index (κ3) is 4.30. The van der Waals surface area contributed by atoms with Gasteiger partial charge in [0.1, 0.15) is 0 Å². The van der Waals surface area contributed by atoms with Crippen LogP contribution in [0.5, 0.6) is 0 Å². The second kappa shape index (κ2) is 8.53. The Morgan fingerprint density at radius 3 is 2.72 bits per heavy atom. The number of hydrogen-bond donors (Lipinski definition) is 3. The SMILES string of the molecule is O=C(Nc1cccc(NCCO)c1N1CCCCC1)N1C=NC=CC1. The van der Waals surface area contributed by atoms with Crippen molar-refractivity contribution < 1.29 is 9.90 Å². The quantitative estimate of drug-likeness (QED) is 0.767. The molecule has 7 heteroatoms. The number of amides is 2. The van der Waals surface area contributed by atoms with Gasteiger partial charge < -0.3 is 20.6 Å². The number of nitrogens with zero attached hydrogens (tertiary/aromatic N) is 3. The molecule has 0 radical (unpaired) electrons. The number of aliphatic hydroxyl groups excluding tert-OH is 1. The van der Waals surface area contributed by atoms with Crippen LogP contribution in [-0.4, -0.2) is 55.2 Å². The maximum absolute atomic E-state index is 12.5. The van der Waals surface area contributed by atoms with Gasteiger partial charge in [-0.1, -0.05) is 6.07 Å². The molecule has 1 fully saturated rings. The van der Waals surface area contributed by atoms with E-state index in [4.69, 9.17) is 5.11 Å². The molecular formula is C18H25N5O2. The fraction of sp³-hybridized carbons (Fsp3) is 0.444. The third-order valence-corrected chi connectivity index (χ3v) is 4.34. The summed E-state index contributed by atoms with van der Waals surface area (Å²) < 4.78 is 0. The monoisotopic (exact) mass is 343 g/mol. The summed E-state index contributed by atoms with van der Waals surface area (Å²) in [4.78, 5) is 20.4. The van der Waals surface area contributed by atoms with Crippen LogP contribution in [0.1, 0.15) is 19.3 Å². The van der Waals surface area contributed by atoms with Gasteiger partial charge in [0.25, 0.3) is 0 Å². The van der Waals surface area contributed by atoms with E-state index in [9.17, 15) is 4.79 Å². The van der Waals surface area contributed by atoms with E-state index in [0.29, 0.717) is 13.1 Å². The smallest absolute Gasteiger partial charge is 0.327 e. The number of rotatable bonds is 5. The molecule has 25 heavy (non-hydrogen) atoms. The lowest BCUT2D eigenvalue weighted by atomic mass is 10.1. The highest BCUT2D eigenvalue weighted by atomic mass is 16.3. The van der Waals surface area contributed by atoms with Crippen molar-refractivity contribution in [2.75, 3.05) is 48.3 Å². The van der Waals surface area contributed by atoms with Gasteiger partial charge in [-0.05, 0) is 37.5 Å². The van der Waals surface area contributed by atoms with E-state index in [1.54, 1.807) is 6.20 Å². The molecule has 1 aromatic rings. The molecule has 0 spiro atoms. The minimum Gasteiger partial charge on any atom is -0.395 e. The van der Waals surface area contributed by atoms with Gasteiger partial charge in [-0.3, -0.25) is 4.90 Å². The van der Waals surface area contributed by atoms with Crippen LogP contribution in [0.25, 0.3) is 0 Å². The minimum absolute atomic E-state index is 0.0621. The molecule has 0 bridgehead atoms. The summed E-state index contributed by atoms with van der Waals surface area (Å²) in [6.45, 7) is 2.98. The normalized spacial score (nSPS) is 16.8. The summed E-state index contributed by atoms with van der Waals surface area (Å²) in [6.07, 6.45) is 8.58. The molecule has 7 nitrogen and oxygen atoms in total. The van der Waals surface area contributed by atoms with E-state index in [-0.39, 0.29) is 12.6 Å². The van der Waals surface area contributed by atoms with Crippen LogP contribution in [0.2, 0.25) is 0 Å². The van der Waals surface area contributed by atoms with E-state index >= 15 is 0 Å². The van der Waals surface area contributed by atoms with E-state index in [1.165, 1.54) is 17.7 Å². The number of nitrogens with one attached hydrogen (secondary N) is 2. The Bertz CT molecular complexity index is 653. The van der Waals surface area contributed by atoms with Gasteiger partial charge >= 0.3 is 6.03 Å². The number of carbonyl (C=O) groups excluding carboxylic acids is 1. The molecule has 0 aliphatic carbocycles. The number of aliphatic hydroxyl groups is 1. The standard InChI is InChI=1S/C18H25N5O2/c24-13-9-20-15-6-4-7-16(17(15)22-10-2-1-3-11-22)21-18(25)23-12-5-8-19-14-23/h4-8,14,20,24H,1-3,9-13H2,(H,21,25). The van der Waals surface area contributed by atoms with Crippen molar-refractivity contribution in [2.45, 2.75) is 19.3 Å². The van der Waals surface area contributed by atoms with Crippen molar-refractivity contribution in [2.24, 2.45) is 4.99 Å². The lowest BCUT2D eigenvalue weighted by Gasteiger charge is -2.33. The molecule has 2 aliphatic heterocycles. The molecule has 0 aromatic heterocycles. The topological polar surface area (TPSA) is 80.2 Å². The first-order valence-electron chi connectivity index (χ1n) is 8.78. The highest BCUT2D eigenvalue weighted by molar-refractivity contribution is 6.01. The largest absolute Gasteiger partial charge is 0.395 e. The molecule has 0 atom stereocenters. The highest BCUT2D eigenvalue weighted by Crippen LogP contribution is 2.36. The Morgan fingerprint density at radius 2 is 2.00 bits per heavy atom. The van der Waals surface area contributed by atoms with Crippen LogP contribution < -0.4 is 15.5 Å². The summed E-state index contributed by atoms with van der Waals surface area (Å²) in [7, 11) is 0. The lowest BCUT2D eigenvalue weighted by Crippen LogP contribution is -2.36. The van der Waals surface area contributed by atoms with E-state index in [2.05, 4.69) is 20.5 Å². The van der Waals surface area contributed by atoms with Gasteiger partial charge in [0.05, 0.1) is 30.0 Å². The van der Waals surface area contributed by atoms with E-state index in [0.717, 1.165) is 43.0 Å². The second-order valence-corrected chi connectivity index (χ2v) is 6.13. The predicted octanol–water partition coefficient (Wildman–Crippen LogP) is 2.47. The fourth-order valence-electron chi connectivity index (χ4n) is 3.15. The summed E-state index contributed by atoms with van der Waals surface area (Å²) in [5, 5.41) is 15.4. The number of piperidine rings is 1. The maximum atomic E-state index is 12.5. The summed E-state index contributed by atoms with van der Waals surface area (Å²) in [6, 6.07) is 5.61. The number of carbonyl (C=O) groups is 1. The Balaban J connectivity index is 1.84. The fourth-order valence-corrected chi connectivity index (χ4v) is 3.15. The second-order valence-electron chi connectivity index (χ2n) is 6.13. The lowest BCUT2D eigenvalue weighted by molar-refractivity contribution is 0.237. The zero-order chi connectivity index (χ0) is 17.5. The van der Waals surface area contributed by atoms with Crippen LogP contribution in [0.4, 0.5) is 21.9 Å². The highest BCUT2D eigenvalue weighted by Gasteiger charge is 2.21. The van der Waals surface area contributed by atoms with Crippen molar-refractivity contribution in [3.63, 3.8) is 0 Å². The number of urea groups is 1. The zero-order valence-electron chi connectivity index (χ0n) is 14.3. The number of benzene rings is 1. The average molecular weight is 343 g/mol. The Hall–Kier alpha value is -2.54. The van der Waals surface area contributed by atoms with Crippen LogP contribution >= 0.6 is 0 Å². The molecule has 0 saturated carbocycles. The van der Waals surface area contributed by atoms with Crippen LogP contribution in [0.3, 0.4) is 0 Å². The molecule has 2 amide bonds. The number of anilines is 3. The number of para-hydroxylation sites is 1. The van der Waals surface area contributed by atoms with E-state index in [1.807, 2.05) is 24.3 Å². The van der Waals surface area contributed by atoms with Gasteiger partial charge in [-0.2, -0.15) is 0 Å². The summed E-state index contributed by atoms with van der Waals surface area (Å²) >= 11 is 0. The molecule has 3 rings (SSSR count).